The average Bonchev–Trinajstić information content (AvgIpc) is 2.89. The highest BCUT2D eigenvalue weighted by Gasteiger charge is 2.29. The number of rotatable bonds is 4. The first kappa shape index (κ1) is 16.3. The maximum atomic E-state index is 13.5. The molecule has 1 unspecified atom stereocenters. The first-order valence-corrected chi connectivity index (χ1v) is 9.10. The summed E-state index contributed by atoms with van der Waals surface area (Å²) in [7, 11) is -3.06. The molecule has 9 heteroatoms. The normalized spacial score (nSPS) is 19.0. The smallest absolute Gasteiger partial charge is 0.254 e. The van der Waals surface area contributed by atoms with Crippen molar-refractivity contribution in [2.24, 2.45) is 0 Å². The summed E-state index contributed by atoms with van der Waals surface area (Å²) >= 11 is 0. The highest BCUT2D eigenvalue weighted by atomic mass is 32.2. The Morgan fingerprint density at radius 2 is 1.92 bits per heavy atom. The first-order valence-electron chi connectivity index (χ1n) is 7.28. The minimum atomic E-state index is -3.06. The van der Waals surface area contributed by atoms with Crippen LogP contribution in [0.3, 0.4) is 0 Å². The zero-order chi connectivity index (χ0) is 17.2. The van der Waals surface area contributed by atoms with Gasteiger partial charge in [0.2, 0.25) is 5.95 Å². The second kappa shape index (κ2) is 6.52. The fourth-order valence-corrected chi connectivity index (χ4v) is 4.04. The molecule has 0 saturated carbocycles. The van der Waals surface area contributed by atoms with E-state index in [1.54, 1.807) is 18.2 Å². The lowest BCUT2D eigenvalue weighted by Crippen LogP contribution is -2.35. The van der Waals surface area contributed by atoms with E-state index in [-0.39, 0.29) is 28.7 Å². The van der Waals surface area contributed by atoms with E-state index in [0.717, 1.165) is 0 Å². The molecule has 1 fully saturated rings. The summed E-state index contributed by atoms with van der Waals surface area (Å²) in [6.07, 6.45) is 3.01. The van der Waals surface area contributed by atoms with Crippen LogP contribution >= 0.6 is 0 Å². The monoisotopic (exact) mass is 350 g/mol. The van der Waals surface area contributed by atoms with Gasteiger partial charge >= 0.3 is 0 Å². The van der Waals surface area contributed by atoms with Crippen LogP contribution < -0.4 is 10.6 Å². The van der Waals surface area contributed by atoms with Crippen LogP contribution in [0.25, 0.3) is 0 Å². The summed E-state index contributed by atoms with van der Waals surface area (Å²) < 4.78 is 36.3. The molecule has 0 bridgehead atoms. The summed E-state index contributed by atoms with van der Waals surface area (Å²) in [6, 6.07) is 5.69. The van der Waals surface area contributed by atoms with Crippen molar-refractivity contribution >= 4 is 27.4 Å². The Hall–Kier alpha value is -2.55. The van der Waals surface area contributed by atoms with Crippen molar-refractivity contribution in [3.05, 3.63) is 48.0 Å². The molecule has 2 N–H and O–H groups in total. The topological polar surface area (TPSA) is 101 Å². The molecule has 24 heavy (non-hydrogen) atoms. The minimum absolute atomic E-state index is 0.0491. The molecule has 1 amide bonds. The average molecular weight is 350 g/mol. The lowest BCUT2D eigenvalue weighted by molar-refractivity contribution is 0.0940. The molecule has 1 saturated heterocycles. The standard InChI is InChI=1S/C15H15FN4O3S/c16-12-3-1-2-4-13(12)20-15-17-7-10(8-18-15)14(21)19-11-5-6-24(22,23)9-11/h1-4,7-8,11H,5-6,9H2,(H,19,21)(H,17,18,20). The van der Waals surface area contributed by atoms with Crippen LogP contribution in [0.5, 0.6) is 0 Å². The van der Waals surface area contributed by atoms with Gasteiger partial charge in [-0.05, 0) is 18.6 Å². The Kier molecular flexibility index (Phi) is 4.43. The van der Waals surface area contributed by atoms with Crippen molar-refractivity contribution in [2.45, 2.75) is 12.5 Å². The molecule has 1 aromatic carbocycles. The van der Waals surface area contributed by atoms with Gasteiger partial charge in [-0.15, -0.1) is 0 Å². The molecule has 1 aliphatic rings. The largest absolute Gasteiger partial charge is 0.348 e. The van der Waals surface area contributed by atoms with E-state index in [9.17, 15) is 17.6 Å². The number of benzene rings is 1. The number of hydrogen-bond acceptors (Lipinski definition) is 6. The summed E-state index contributed by atoms with van der Waals surface area (Å²) in [5, 5.41) is 5.36. The van der Waals surface area contributed by atoms with E-state index < -0.39 is 27.6 Å². The molecule has 3 rings (SSSR count). The van der Waals surface area contributed by atoms with Gasteiger partial charge in [0.15, 0.2) is 9.84 Å². The summed E-state index contributed by atoms with van der Waals surface area (Å²) in [6.45, 7) is 0. The van der Waals surface area contributed by atoms with E-state index in [0.29, 0.717) is 6.42 Å². The van der Waals surface area contributed by atoms with Crippen molar-refractivity contribution in [3.63, 3.8) is 0 Å². The molecule has 0 spiro atoms. The van der Waals surface area contributed by atoms with Crippen LogP contribution in [0.4, 0.5) is 16.0 Å². The zero-order valence-electron chi connectivity index (χ0n) is 12.6. The number of nitrogens with one attached hydrogen (secondary N) is 2. The number of aromatic nitrogens is 2. The number of anilines is 2. The molecule has 126 valence electrons. The molecule has 0 aliphatic carbocycles. The molecule has 0 radical (unpaired) electrons. The van der Waals surface area contributed by atoms with Gasteiger partial charge in [0.25, 0.3) is 5.91 Å². The fourth-order valence-electron chi connectivity index (χ4n) is 2.37. The maximum Gasteiger partial charge on any atom is 0.254 e. The van der Waals surface area contributed by atoms with E-state index in [4.69, 9.17) is 0 Å². The minimum Gasteiger partial charge on any atom is -0.348 e. The maximum absolute atomic E-state index is 13.5. The molecular formula is C15H15FN4O3S. The Bertz CT molecular complexity index is 855. The second-order valence-corrected chi connectivity index (χ2v) is 7.70. The predicted octanol–water partition coefficient (Wildman–Crippen LogP) is 1.28. The zero-order valence-corrected chi connectivity index (χ0v) is 13.4. The lowest BCUT2D eigenvalue weighted by atomic mass is 10.2. The number of amides is 1. The van der Waals surface area contributed by atoms with Crippen molar-refractivity contribution in [3.8, 4) is 0 Å². The number of hydrogen-bond donors (Lipinski definition) is 2. The Balaban J connectivity index is 1.64. The van der Waals surface area contributed by atoms with Crippen LogP contribution in [0.15, 0.2) is 36.7 Å². The van der Waals surface area contributed by atoms with Crippen LogP contribution in [-0.2, 0) is 9.84 Å². The molecule has 1 atom stereocenters. The van der Waals surface area contributed by atoms with Gasteiger partial charge in [-0.1, -0.05) is 12.1 Å². The third kappa shape index (κ3) is 3.85. The Morgan fingerprint density at radius 3 is 2.54 bits per heavy atom. The molecule has 2 aromatic rings. The lowest BCUT2D eigenvalue weighted by Gasteiger charge is -2.11. The molecule has 1 aromatic heterocycles. The van der Waals surface area contributed by atoms with Crippen LogP contribution in [0.2, 0.25) is 0 Å². The van der Waals surface area contributed by atoms with Gasteiger partial charge in [0.1, 0.15) is 5.82 Å². The summed E-state index contributed by atoms with van der Waals surface area (Å²) in [5.41, 5.74) is 0.434. The van der Waals surface area contributed by atoms with Gasteiger partial charge in [-0.25, -0.2) is 22.8 Å². The van der Waals surface area contributed by atoms with Gasteiger partial charge < -0.3 is 10.6 Å². The molecule has 1 aliphatic heterocycles. The third-order valence-corrected chi connectivity index (χ3v) is 5.37. The Labute approximate surface area is 138 Å². The van der Waals surface area contributed by atoms with Gasteiger partial charge in [-0.2, -0.15) is 0 Å². The van der Waals surface area contributed by atoms with Gasteiger partial charge in [0, 0.05) is 18.4 Å². The van der Waals surface area contributed by atoms with Crippen LogP contribution in [-0.4, -0.2) is 41.8 Å². The Morgan fingerprint density at radius 1 is 1.21 bits per heavy atom. The van der Waals surface area contributed by atoms with E-state index in [2.05, 4.69) is 20.6 Å². The summed E-state index contributed by atoms with van der Waals surface area (Å²) in [4.78, 5) is 20.0. The SMILES string of the molecule is O=C(NC1CCS(=O)(=O)C1)c1cnc(Nc2ccccc2F)nc1. The van der Waals surface area contributed by atoms with E-state index in [1.807, 2.05) is 0 Å². The second-order valence-electron chi connectivity index (χ2n) is 5.47. The third-order valence-electron chi connectivity index (χ3n) is 3.60. The fraction of sp³-hybridized carbons (Fsp3) is 0.267. The van der Waals surface area contributed by atoms with E-state index >= 15 is 0 Å². The van der Waals surface area contributed by atoms with Crippen LogP contribution in [0, 0.1) is 5.82 Å². The van der Waals surface area contributed by atoms with Crippen LogP contribution in [0.1, 0.15) is 16.8 Å². The number of carbonyl (C=O) groups excluding carboxylic acids is 1. The summed E-state index contributed by atoms with van der Waals surface area (Å²) in [5.74, 6) is -0.688. The van der Waals surface area contributed by atoms with E-state index in [1.165, 1.54) is 18.5 Å². The number of nitrogens with zero attached hydrogens (tertiary/aromatic N) is 2. The van der Waals surface area contributed by atoms with Gasteiger partial charge in [0.05, 0.1) is 22.8 Å². The highest BCUT2D eigenvalue weighted by molar-refractivity contribution is 7.91. The number of sulfone groups is 1. The quantitative estimate of drug-likeness (QED) is 0.861. The molecule has 7 nitrogen and oxygen atoms in total. The predicted molar refractivity (Wildman–Crippen MR) is 86.2 cm³/mol. The van der Waals surface area contributed by atoms with Crippen molar-refractivity contribution in [2.75, 3.05) is 16.8 Å². The molecule has 2 heterocycles. The van der Waals surface area contributed by atoms with Crippen molar-refractivity contribution in [1.82, 2.24) is 15.3 Å². The number of para-hydroxylation sites is 1. The number of carbonyl (C=O) groups is 1. The number of halogens is 1. The highest BCUT2D eigenvalue weighted by Crippen LogP contribution is 2.16. The van der Waals surface area contributed by atoms with Crippen molar-refractivity contribution in [1.29, 1.82) is 0 Å². The molecular weight excluding hydrogens is 335 g/mol. The van der Waals surface area contributed by atoms with Gasteiger partial charge in [-0.3, -0.25) is 4.79 Å². The van der Waals surface area contributed by atoms with Crippen molar-refractivity contribution < 1.29 is 17.6 Å². The first-order chi connectivity index (χ1) is 11.4.